The van der Waals surface area contributed by atoms with Crippen LogP contribution in [-0.2, 0) is 0 Å². The third-order valence-corrected chi connectivity index (χ3v) is 2.64. The Morgan fingerprint density at radius 3 is 2.90 bits per heavy atom. The summed E-state index contributed by atoms with van der Waals surface area (Å²) in [6.07, 6.45) is 7.06. The minimum absolute atomic E-state index is 0.147. The van der Waals surface area contributed by atoms with Crippen LogP contribution in [0.25, 0.3) is 0 Å². The molecule has 1 unspecified atom stereocenters. The molecule has 1 atom stereocenters. The number of rotatable bonds is 2. The first-order valence-corrected chi connectivity index (χ1v) is 4.62. The zero-order valence-corrected chi connectivity index (χ0v) is 7.27. The van der Waals surface area contributed by atoms with Gasteiger partial charge in [0.05, 0.1) is 16.5 Å². The molecule has 0 saturated heterocycles. The second kappa shape index (κ2) is 3.83. The molecule has 4 heteroatoms. The summed E-state index contributed by atoms with van der Waals surface area (Å²) in [5, 5.41) is 0. The van der Waals surface area contributed by atoms with Gasteiger partial charge in [0.1, 0.15) is 0 Å². The molecule has 0 bridgehead atoms. The van der Waals surface area contributed by atoms with E-state index in [-0.39, 0.29) is 4.58 Å². The van der Waals surface area contributed by atoms with Crippen molar-refractivity contribution in [3.63, 3.8) is 0 Å². The highest BCUT2D eigenvalue weighted by Crippen LogP contribution is 2.27. The molecule has 0 saturated carbocycles. The summed E-state index contributed by atoms with van der Waals surface area (Å²) < 4.78 is 0.147. The molecule has 54 valence electrons. The van der Waals surface area contributed by atoms with Gasteiger partial charge in [0.2, 0.25) is 0 Å². The Morgan fingerprint density at radius 1 is 1.60 bits per heavy atom. The highest BCUT2D eigenvalue weighted by Gasteiger charge is 2.03. The van der Waals surface area contributed by atoms with Crippen molar-refractivity contribution in [3.8, 4) is 0 Å². The molecular weight excluding hydrogens is 164 g/mol. The fourth-order valence-corrected chi connectivity index (χ4v) is 1.06. The van der Waals surface area contributed by atoms with Gasteiger partial charge in [-0.05, 0) is 6.26 Å². The van der Waals surface area contributed by atoms with Crippen LogP contribution in [0.5, 0.6) is 0 Å². The summed E-state index contributed by atoms with van der Waals surface area (Å²) in [4.78, 5) is 8.02. The largest absolute Gasteiger partial charge is 0.261 e. The molecule has 0 N–H and O–H groups in total. The van der Waals surface area contributed by atoms with Crippen molar-refractivity contribution in [1.82, 2.24) is 9.97 Å². The summed E-state index contributed by atoms with van der Waals surface area (Å²) in [5.41, 5.74) is 0.915. The fraction of sp³-hybridized carbons (Fsp3) is 0.333. The normalized spacial score (nSPS) is 13.0. The standard InChI is InChI=1S/C6H8N2S2/c1-10-6(9)5-4-7-2-3-8-5/h2-4,6,9H,1H3. The van der Waals surface area contributed by atoms with Crippen LogP contribution in [0.15, 0.2) is 18.6 Å². The molecule has 0 spiro atoms. The van der Waals surface area contributed by atoms with Gasteiger partial charge in [0.25, 0.3) is 0 Å². The average Bonchev–Trinajstić information content (AvgIpc) is 2.05. The highest BCUT2D eigenvalue weighted by molar-refractivity contribution is 8.09. The van der Waals surface area contributed by atoms with E-state index in [0.717, 1.165) is 5.69 Å². The Balaban J connectivity index is 2.75. The van der Waals surface area contributed by atoms with Crippen molar-refractivity contribution in [2.75, 3.05) is 6.26 Å². The van der Waals surface area contributed by atoms with E-state index in [1.54, 1.807) is 30.4 Å². The molecule has 0 fully saturated rings. The molecule has 1 heterocycles. The quantitative estimate of drug-likeness (QED) is 0.544. The second-order valence-corrected chi connectivity index (χ2v) is 3.53. The van der Waals surface area contributed by atoms with Gasteiger partial charge in [-0.1, -0.05) is 0 Å². The Bertz CT molecular complexity index is 190. The number of thiol groups is 1. The maximum atomic E-state index is 4.28. The molecule has 1 rings (SSSR count). The van der Waals surface area contributed by atoms with Gasteiger partial charge in [0, 0.05) is 12.4 Å². The molecule has 1 aromatic heterocycles. The fourth-order valence-electron chi connectivity index (χ4n) is 0.559. The molecule has 0 amide bonds. The molecule has 1 aromatic rings. The van der Waals surface area contributed by atoms with Crippen LogP contribution in [0, 0.1) is 0 Å². The summed E-state index contributed by atoms with van der Waals surface area (Å²) in [5.74, 6) is 0. The van der Waals surface area contributed by atoms with Crippen molar-refractivity contribution >= 4 is 24.4 Å². The summed E-state index contributed by atoms with van der Waals surface area (Å²) >= 11 is 5.92. The molecule has 0 radical (unpaired) electrons. The zero-order valence-electron chi connectivity index (χ0n) is 5.56. The van der Waals surface area contributed by atoms with Crippen LogP contribution >= 0.6 is 24.4 Å². The van der Waals surface area contributed by atoms with Gasteiger partial charge in [-0.25, -0.2) is 0 Å². The topological polar surface area (TPSA) is 25.8 Å². The van der Waals surface area contributed by atoms with Crippen LogP contribution in [0.3, 0.4) is 0 Å². The number of thioether (sulfide) groups is 1. The van der Waals surface area contributed by atoms with Gasteiger partial charge < -0.3 is 0 Å². The zero-order chi connectivity index (χ0) is 7.40. The molecule has 0 aliphatic heterocycles. The van der Waals surface area contributed by atoms with Gasteiger partial charge in [-0.15, -0.1) is 11.8 Å². The summed E-state index contributed by atoms with van der Waals surface area (Å²) in [7, 11) is 0. The Morgan fingerprint density at radius 2 is 2.40 bits per heavy atom. The minimum atomic E-state index is 0.147. The van der Waals surface area contributed by atoms with Crippen LogP contribution in [0.2, 0.25) is 0 Å². The van der Waals surface area contributed by atoms with Crippen molar-refractivity contribution in [3.05, 3.63) is 24.3 Å². The van der Waals surface area contributed by atoms with Gasteiger partial charge >= 0.3 is 0 Å². The number of aromatic nitrogens is 2. The Kier molecular flexibility index (Phi) is 3.02. The van der Waals surface area contributed by atoms with Crippen molar-refractivity contribution < 1.29 is 0 Å². The first kappa shape index (κ1) is 7.88. The van der Waals surface area contributed by atoms with E-state index >= 15 is 0 Å². The summed E-state index contributed by atoms with van der Waals surface area (Å²) in [6.45, 7) is 0. The predicted molar refractivity (Wildman–Crippen MR) is 47.3 cm³/mol. The third kappa shape index (κ3) is 1.88. The lowest BCUT2D eigenvalue weighted by atomic mass is 10.5. The van der Waals surface area contributed by atoms with Gasteiger partial charge in [-0.3, -0.25) is 9.97 Å². The van der Waals surface area contributed by atoms with E-state index in [1.165, 1.54) is 0 Å². The van der Waals surface area contributed by atoms with Crippen LogP contribution in [0.1, 0.15) is 10.3 Å². The number of hydrogen-bond donors (Lipinski definition) is 1. The molecule has 10 heavy (non-hydrogen) atoms. The van der Waals surface area contributed by atoms with E-state index in [4.69, 9.17) is 0 Å². The Labute approximate surface area is 69.9 Å². The van der Waals surface area contributed by atoms with Crippen molar-refractivity contribution in [2.45, 2.75) is 4.58 Å². The van der Waals surface area contributed by atoms with E-state index < -0.39 is 0 Å². The van der Waals surface area contributed by atoms with Crippen LogP contribution < -0.4 is 0 Å². The molecule has 0 aliphatic rings. The summed E-state index contributed by atoms with van der Waals surface area (Å²) in [6, 6.07) is 0. The third-order valence-electron chi connectivity index (χ3n) is 1.06. The van der Waals surface area contributed by atoms with E-state index in [1.807, 2.05) is 6.26 Å². The van der Waals surface area contributed by atoms with Crippen LogP contribution in [-0.4, -0.2) is 16.2 Å². The SMILES string of the molecule is CSC(S)c1cnccn1. The second-order valence-electron chi connectivity index (χ2n) is 1.72. The average molecular weight is 172 g/mol. The van der Waals surface area contributed by atoms with Gasteiger partial charge in [-0.2, -0.15) is 12.6 Å². The maximum absolute atomic E-state index is 4.28. The van der Waals surface area contributed by atoms with Gasteiger partial charge in [0.15, 0.2) is 0 Å². The first-order chi connectivity index (χ1) is 4.84. The van der Waals surface area contributed by atoms with E-state index in [2.05, 4.69) is 22.6 Å². The molecule has 0 aromatic carbocycles. The van der Waals surface area contributed by atoms with E-state index in [9.17, 15) is 0 Å². The van der Waals surface area contributed by atoms with E-state index in [0.29, 0.717) is 0 Å². The monoisotopic (exact) mass is 172 g/mol. The van der Waals surface area contributed by atoms with Crippen LogP contribution in [0.4, 0.5) is 0 Å². The highest BCUT2D eigenvalue weighted by atomic mass is 32.2. The first-order valence-electron chi connectivity index (χ1n) is 2.81. The maximum Gasteiger partial charge on any atom is 0.0906 e. The predicted octanol–water partition coefficient (Wildman–Crippen LogP) is 1.77. The van der Waals surface area contributed by atoms with Crippen molar-refractivity contribution in [1.29, 1.82) is 0 Å². The molecule has 0 aliphatic carbocycles. The smallest absolute Gasteiger partial charge is 0.0906 e. The molecular formula is C6H8N2S2. The van der Waals surface area contributed by atoms with Crippen molar-refractivity contribution in [2.24, 2.45) is 0 Å². The lowest BCUT2D eigenvalue weighted by molar-refractivity contribution is 1.09. The number of nitrogens with zero attached hydrogens (tertiary/aromatic N) is 2. The lowest BCUT2D eigenvalue weighted by Gasteiger charge is -2.03. The Hall–Kier alpha value is -0.220. The molecule has 2 nitrogen and oxygen atoms in total. The lowest BCUT2D eigenvalue weighted by Crippen LogP contribution is -1.89. The number of hydrogen-bond acceptors (Lipinski definition) is 4. The minimum Gasteiger partial charge on any atom is -0.261 e.